The SMILES string of the molecule is CC1(C)CCC(C)(C)c2cc3c(cc21)CC1=C3CC1. The lowest BCUT2D eigenvalue weighted by molar-refractivity contribution is 0.331. The topological polar surface area (TPSA) is 0 Å². The first-order valence-corrected chi connectivity index (χ1v) is 7.78. The van der Waals surface area contributed by atoms with E-state index in [1.165, 1.54) is 32.1 Å². The first kappa shape index (κ1) is 11.8. The van der Waals surface area contributed by atoms with Gasteiger partial charge < -0.3 is 0 Å². The molecule has 0 amide bonds. The molecule has 0 aromatic heterocycles. The Morgan fingerprint density at radius 1 is 0.842 bits per heavy atom. The molecule has 0 nitrogen and oxygen atoms in total. The minimum absolute atomic E-state index is 0.354. The third-order valence-corrected chi connectivity index (χ3v) is 5.91. The van der Waals surface area contributed by atoms with Crippen LogP contribution < -0.4 is 0 Å². The molecule has 0 spiro atoms. The summed E-state index contributed by atoms with van der Waals surface area (Å²) in [5.41, 5.74) is 10.6. The van der Waals surface area contributed by atoms with E-state index in [-0.39, 0.29) is 0 Å². The van der Waals surface area contributed by atoms with Crippen molar-refractivity contribution in [1.29, 1.82) is 0 Å². The Bertz CT molecular complexity index is 611. The summed E-state index contributed by atoms with van der Waals surface area (Å²) >= 11 is 0. The van der Waals surface area contributed by atoms with Crippen LogP contribution in [0.3, 0.4) is 0 Å². The number of hydrogen-bond acceptors (Lipinski definition) is 0. The highest BCUT2D eigenvalue weighted by atomic mass is 14.4. The lowest BCUT2D eigenvalue weighted by atomic mass is 9.62. The van der Waals surface area contributed by atoms with Gasteiger partial charge in [-0.3, -0.25) is 0 Å². The van der Waals surface area contributed by atoms with E-state index in [0.29, 0.717) is 10.8 Å². The Morgan fingerprint density at radius 3 is 2.05 bits per heavy atom. The van der Waals surface area contributed by atoms with Crippen molar-refractivity contribution in [2.45, 2.75) is 70.6 Å². The molecule has 0 N–H and O–H groups in total. The van der Waals surface area contributed by atoms with Crippen LogP contribution in [0.4, 0.5) is 0 Å². The van der Waals surface area contributed by atoms with Gasteiger partial charge in [-0.25, -0.2) is 0 Å². The third-order valence-electron chi connectivity index (χ3n) is 5.91. The molecule has 0 saturated carbocycles. The van der Waals surface area contributed by atoms with E-state index in [4.69, 9.17) is 0 Å². The van der Waals surface area contributed by atoms with E-state index >= 15 is 0 Å². The largest absolute Gasteiger partial charge is 0.0617 e. The second-order valence-corrected chi connectivity index (χ2v) is 8.08. The number of hydrogen-bond donors (Lipinski definition) is 0. The van der Waals surface area contributed by atoms with Gasteiger partial charge >= 0.3 is 0 Å². The molecule has 0 fully saturated rings. The summed E-state index contributed by atoms with van der Waals surface area (Å²) in [5.74, 6) is 0. The number of fused-ring (bicyclic) bond motifs is 3. The molecule has 0 atom stereocenters. The second-order valence-electron chi connectivity index (χ2n) is 8.08. The molecular formula is C19H24. The van der Waals surface area contributed by atoms with Crippen LogP contribution >= 0.6 is 0 Å². The van der Waals surface area contributed by atoms with Gasteiger partial charge in [0.05, 0.1) is 0 Å². The van der Waals surface area contributed by atoms with Crippen molar-refractivity contribution in [3.63, 3.8) is 0 Å². The number of allylic oxidation sites excluding steroid dienone is 2. The fourth-order valence-electron chi connectivity index (χ4n) is 4.26. The summed E-state index contributed by atoms with van der Waals surface area (Å²) in [7, 11) is 0. The van der Waals surface area contributed by atoms with Gasteiger partial charge in [0.2, 0.25) is 0 Å². The van der Waals surface area contributed by atoms with Crippen molar-refractivity contribution in [1.82, 2.24) is 0 Å². The zero-order chi connectivity index (χ0) is 13.4. The Hall–Kier alpha value is -1.04. The predicted molar refractivity (Wildman–Crippen MR) is 81.6 cm³/mol. The van der Waals surface area contributed by atoms with E-state index in [1.807, 2.05) is 0 Å². The van der Waals surface area contributed by atoms with Gasteiger partial charge in [0.25, 0.3) is 0 Å². The minimum Gasteiger partial charge on any atom is -0.0617 e. The van der Waals surface area contributed by atoms with E-state index in [1.54, 1.807) is 33.4 Å². The molecule has 4 rings (SSSR count). The number of rotatable bonds is 0. The highest BCUT2D eigenvalue weighted by molar-refractivity contribution is 5.82. The molecule has 3 aliphatic rings. The average Bonchev–Trinajstić information content (AvgIpc) is 2.55. The Morgan fingerprint density at radius 2 is 1.47 bits per heavy atom. The van der Waals surface area contributed by atoms with E-state index < -0.39 is 0 Å². The van der Waals surface area contributed by atoms with Crippen LogP contribution in [0.25, 0.3) is 5.57 Å². The van der Waals surface area contributed by atoms with Crippen LogP contribution in [0.2, 0.25) is 0 Å². The Balaban J connectivity index is 1.96. The molecule has 0 heterocycles. The van der Waals surface area contributed by atoms with Gasteiger partial charge in [-0.1, -0.05) is 45.4 Å². The summed E-state index contributed by atoms with van der Waals surface area (Å²) in [6.45, 7) is 9.71. The quantitative estimate of drug-likeness (QED) is 0.600. The maximum atomic E-state index is 2.56. The molecular weight excluding hydrogens is 228 g/mol. The highest BCUT2D eigenvalue weighted by Crippen LogP contribution is 2.51. The van der Waals surface area contributed by atoms with Gasteiger partial charge in [0.1, 0.15) is 0 Å². The van der Waals surface area contributed by atoms with Crippen molar-refractivity contribution < 1.29 is 0 Å². The minimum atomic E-state index is 0.354. The molecule has 3 aliphatic carbocycles. The molecule has 0 radical (unpaired) electrons. The van der Waals surface area contributed by atoms with Crippen LogP contribution in [0.15, 0.2) is 17.7 Å². The molecule has 0 saturated heterocycles. The molecule has 0 unspecified atom stereocenters. The monoisotopic (exact) mass is 252 g/mol. The van der Waals surface area contributed by atoms with Crippen LogP contribution in [0.1, 0.15) is 75.6 Å². The van der Waals surface area contributed by atoms with Gasteiger partial charge in [0, 0.05) is 0 Å². The molecule has 0 bridgehead atoms. The van der Waals surface area contributed by atoms with Gasteiger partial charge in [0.15, 0.2) is 0 Å². The van der Waals surface area contributed by atoms with Crippen LogP contribution in [0, 0.1) is 0 Å². The molecule has 0 aliphatic heterocycles. The molecule has 0 heteroatoms. The van der Waals surface area contributed by atoms with Crippen molar-refractivity contribution in [2.24, 2.45) is 0 Å². The second kappa shape index (κ2) is 3.34. The maximum absolute atomic E-state index is 2.56. The van der Waals surface area contributed by atoms with Crippen molar-refractivity contribution in [2.75, 3.05) is 0 Å². The molecule has 100 valence electrons. The average molecular weight is 252 g/mol. The van der Waals surface area contributed by atoms with E-state index in [9.17, 15) is 0 Å². The van der Waals surface area contributed by atoms with Crippen molar-refractivity contribution in [3.05, 3.63) is 40.0 Å². The van der Waals surface area contributed by atoms with Gasteiger partial charge in [-0.05, 0) is 70.8 Å². The van der Waals surface area contributed by atoms with Crippen LogP contribution in [-0.4, -0.2) is 0 Å². The molecule has 19 heavy (non-hydrogen) atoms. The maximum Gasteiger partial charge on any atom is -0.00548 e. The first-order valence-electron chi connectivity index (χ1n) is 7.78. The summed E-state index contributed by atoms with van der Waals surface area (Å²) < 4.78 is 0. The van der Waals surface area contributed by atoms with Crippen LogP contribution in [-0.2, 0) is 17.3 Å². The summed E-state index contributed by atoms with van der Waals surface area (Å²) in [6, 6.07) is 5.12. The fourth-order valence-corrected chi connectivity index (χ4v) is 4.26. The lowest BCUT2D eigenvalue weighted by Crippen LogP contribution is -2.34. The third kappa shape index (κ3) is 1.46. The highest BCUT2D eigenvalue weighted by Gasteiger charge is 2.39. The van der Waals surface area contributed by atoms with Crippen LogP contribution in [0.5, 0.6) is 0 Å². The lowest BCUT2D eigenvalue weighted by Gasteiger charge is -2.42. The Kier molecular flexibility index (Phi) is 2.07. The van der Waals surface area contributed by atoms with E-state index in [2.05, 4.69) is 39.8 Å². The van der Waals surface area contributed by atoms with Crippen molar-refractivity contribution in [3.8, 4) is 0 Å². The van der Waals surface area contributed by atoms with Gasteiger partial charge in [-0.15, -0.1) is 0 Å². The summed E-state index contributed by atoms with van der Waals surface area (Å²) in [4.78, 5) is 0. The zero-order valence-electron chi connectivity index (χ0n) is 12.7. The number of benzene rings is 1. The van der Waals surface area contributed by atoms with Gasteiger partial charge in [-0.2, -0.15) is 0 Å². The van der Waals surface area contributed by atoms with Crippen molar-refractivity contribution >= 4 is 5.57 Å². The normalized spacial score (nSPS) is 25.5. The zero-order valence-corrected chi connectivity index (χ0v) is 12.7. The Labute approximate surface area is 116 Å². The smallest absolute Gasteiger partial charge is 0.00548 e. The summed E-state index contributed by atoms with van der Waals surface area (Å²) in [6.07, 6.45) is 6.55. The standard InChI is InChI=1S/C19H24/c1-18(2)7-8-19(3,4)17-11-15-13(10-16(17)18)9-12-5-6-14(12)15/h10-11H,5-9H2,1-4H3. The predicted octanol–water partition coefficient (Wildman–Crippen LogP) is 5.14. The molecule has 1 aromatic rings. The van der Waals surface area contributed by atoms with E-state index in [0.717, 1.165) is 0 Å². The fraction of sp³-hybridized carbons (Fsp3) is 0.579. The summed E-state index contributed by atoms with van der Waals surface area (Å²) in [5, 5.41) is 0. The molecule has 1 aromatic carbocycles. The first-order chi connectivity index (χ1) is 8.88.